The SMILES string of the molecule is COc1cccc(-c2cn3c(C(=O)N(C)Cc4ccccc4)csc3n2)c1. The minimum atomic E-state index is -0.0281. The zero-order chi connectivity index (χ0) is 18.8. The fraction of sp³-hybridized carbons (Fsp3) is 0.143. The van der Waals surface area contributed by atoms with Gasteiger partial charge in [-0.15, -0.1) is 11.3 Å². The highest BCUT2D eigenvalue weighted by molar-refractivity contribution is 7.15. The Hall–Kier alpha value is -3.12. The van der Waals surface area contributed by atoms with Crippen molar-refractivity contribution in [3.05, 3.63) is 77.4 Å². The van der Waals surface area contributed by atoms with Crippen LogP contribution in [0.15, 0.2) is 66.2 Å². The minimum absolute atomic E-state index is 0.0281. The van der Waals surface area contributed by atoms with E-state index in [1.165, 1.54) is 11.3 Å². The lowest BCUT2D eigenvalue weighted by Gasteiger charge is -2.16. The van der Waals surface area contributed by atoms with Crippen LogP contribution < -0.4 is 4.74 Å². The number of carbonyl (C=O) groups is 1. The average Bonchev–Trinajstić information content (AvgIpc) is 3.29. The molecule has 2 aromatic heterocycles. The highest BCUT2D eigenvalue weighted by Crippen LogP contribution is 2.26. The topological polar surface area (TPSA) is 46.8 Å². The van der Waals surface area contributed by atoms with Crippen LogP contribution in [0.4, 0.5) is 0 Å². The van der Waals surface area contributed by atoms with E-state index in [-0.39, 0.29) is 5.91 Å². The van der Waals surface area contributed by atoms with Gasteiger partial charge in [0.15, 0.2) is 4.96 Å². The second-order valence-electron chi connectivity index (χ2n) is 6.28. The number of imidazole rings is 1. The summed E-state index contributed by atoms with van der Waals surface area (Å²) >= 11 is 1.46. The standard InChI is InChI=1S/C21H19N3O2S/c1-23(12-15-7-4-3-5-8-15)20(25)19-14-27-21-22-18(13-24(19)21)16-9-6-10-17(11-16)26-2/h3-11,13-14H,12H2,1-2H3. The van der Waals surface area contributed by atoms with Crippen LogP contribution in [0.25, 0.3) is 16.2 Å². The largest absolute Gasteiger partial charge is 0.497 e. The van der Waals surface area contributed by atoms with Gasteiger partial charge in [0.05, 0.1) is 12.8 Å². The predicted molar refractivity (Wildman–Crippen MR) is 107 cm³/mol. The highest BCUT2D eigenvalue weighted by Gasteiger charge is 2.19. The first-order valence-corrected chi connectivity index (χ1v) is 9.44. The summed E-state index contributed by atoms with van der Waals surface area (Å²) in [6, 6.07) is 17.7. The Kier molecular flexibility index (Phi) is 4.64. The molecule has 0 saturated heterocycles. The van der Waals surface area contributed by atoms with Crippen LogP contribution in [0.1, 0.15) is 16.1 Å². The van der Waals surface area contributed by atoms with Crippen LogP contribution >= 0.6 is 11.3 Å². The van der Waals surface area contributed by atoms with Crippen molar-refractivity contribution in [3.8, 4) is 17.0 Å². The number of ether oxygens (including phenoxy) is 1. The average molecular weight is 377 g/mol. The number of thiazole rings is 1. The maximum Gasteiger partial charge on any atom is 0.271 e. The fourth-order valence-corrected chi connectivity index (χ4v) is 3.83. The number of rotatable bonds is 5. The van der Waals surface area contributed by atoms with Crippen molar-refractivity contribution >= 4 is 22.2 Å². The number of hydrogen-bond acceptors (Lipinski definition) is 4. The van der Waals surface area contributed by atoms with Gasteiger partial charge in [-0.25, -0.2) is 4.98 Å². The molecule has 0 aliphatic carbocycles. The van der Waals surface area contributed by atoms with Crippen molar-refractivity contribution in [2.45, 2.75) is 6.54 Å². The van der Waals surface area contributed by atoms with Gasteiger partial charge in [0.2, 0.25) is 0 Å². The predicted octanol–water partition coefficient (Wildman–Crippen LogP) is 4.34. The molecule has 0 saturated carbocycles. The number of methoxy groups -OCH3 is 1. The summed E-state index contributed by atoms with van der Waals surface area (Å²) in [6.07, 6.45) is 1.91. The number of carbonyl (C=O) groups excluding carboxylic acids is 1. The van der Waals surface area contributed by atoms with Crippen molar-refractivity contribution in [2.75, 3.05) is 14.2 Å². The van der Waals surface area contributed by atoms with Gasteiger partial charge in [-0.1, -0.05) is 42.5 Å². The van der Waals surface area contributed by atoms with Crippen LogP contribution in [-0.2, 0) is 6.54 Å². The lowest BCUT2D eigenvalue weighted by Crippen LogP contribution is -2.27. The molecule has 27 heavy (non-hydrogen) atoms. The quantitative estimate of drug-likeness (QED) is 0.520. The molecule has 136 valence electrons. The molecule has 2 heterocycles. The molecule has 4 rings (SSSR count). The lowest BCUT2D eigenvalue weighted by molar-refractivity contribution is 0.0778. The minimum Gasteiger partial charge on any atom is -0.497 e. The van der Waals surface area contributed by atoms with Crippen molar-refractivity contribution in [2.24, 2.45) is 0 Å². The van der Waals surface area contributed by atoms with Crippen LogP contribution in [-0.4, -0.2) is 34.3 Å². The Labute approximate surface area is 161 Å². The first-order chi connectivity index (χ1) is 13.2. The van der Waals surface area contributed by atoms with Gasteiger partial charge in [-0.3, -0.25) is 9.20 Å². The van der Waals surface area contributed by atoms with Crippen molar-refractivity contribution in [1.82, 2.24) is 14.3 Å². The first-order valence-electron chi connectivity index (χ1n) is 8.56. The number of hydrogen-bond donors (Lipinski definition) is 0. The Morgan fingerprint density at radius 1 is 1.19 bits per heavy atom. The summed E-state index contributed by atoms with van der Waals surface area (Å²) in [5.41, 5.74) is 3.50. The maximum atomic E-state index is 12.9. The highest BCUT2D eigenvalue weighted by atomic mass is 32.1. The third-order valence-corrected chi connectivity index (χ3v) is 5.24. The van der Waals surface area contributed by atoms with E-state index in [0.717, 1.165) is 27.5 Å². The number of amides is 1. The molecule has 1 amide bonds. The summed E-state index contributed by atoms with van der Waals surface area (Å²) in [5.74, 6) is 0.752. The van der Waals surface area contributed by atoms with Gasteiger partial charge >= 0.3 is 0 Å². The smallest absolute Gasteiger partial charge is 0.271 e. The number of nitrogens with zero attached hydrogens (tertiary/aromatic N) is 3. The van der Waals surface area contributed by atoms with E-state index in [1.807, 2.05) is 77.6 Å². The molecule has 0 aliphatic rings. The third-order valence-electron chi connectivity index (χ3n) is 4.40. The van der Waals surface area contributed by atoms with Crippen molar-refractivity contribution in [3.63, 3.8) is 0 Å². The van der Waals surface area contributed by atoms with Gasteiger partial charge in [0, 0.05) is 30.7 Å². The van der Waals surface area contributed by atoms with E-state index in [1.54, 1.807) is 12.0 Å². The zero-order valence-corrected chi connectivity index (χ0v) is 15.9. The van der Waals surface area contributed by atoms with E-state index in [2.05, 4.69) is 4.98 Å². The molecule has 0 unspecified atom stereocenters. The van der Waals surface area contributed by atoms with Crippen LogP contribution in [0, 0.1) is 0 Å². The molecule has 0 bridgehead atoms. The van der Waals surface area contributed by atoms with Crippen LogP contribution in [0.3, 0.4) is 0 Å². The summed E-state index contributed by atoms with van der Waals surface area (Å²) < 4.78 is 7.15. The lowest BCUT2D eigenvalue weighted by atomic mass is 10.1. The number of benzene rings is 2. The van der Waals surface area contributed by atoms with Crippen LogP contribution in [0.5, 0.6) is 5.75 Å². The molecule has 0 fully saturated rings. The summed E-state index contributed by atoms with van der Waals surface area (Å²) in [6.45, 7) is 0.564. The third kappa shape index (κ3) is 3.44. The second kappa shape index (κ2) is 7.25. The zero-order valence-electron chi connectivity index (χ0n) is 15.1. The van der Waals surface area contributed by atoms with E-state index < -0.39 is 0 Å². The monoisotopic (exact) mass is 377 g/mol. The molecule has 2 aromatic carbocycles. The molecule has 4 aromatic rings. The number of fused-ring (bicyclic) bond motifs is 1. The molecule has 5 nitrogen and oxygen atoms in total. The molecular weight excluding hydrogens is 358 g/mol. The van der Waals surface area contributed by atoms with Gasteiger partial charge in [0.25, 0.3) is 5.91 Å². The molecule has 0 radical (unpaired) electrons. The van der Waals surface area contributed by atoms with Crippen molar-refractivity contribution in [1.29, 1.82) is 0 Å². The van der Waals surface area contributed by atoms with E-state index in [4.69, 9.17) is 4.74 Å². The normalized spacial score (nSPS) is 10.9. The second-order valence-corrected chi connectivity index (χ2v) is 7.11. The molecule has 6 heteroatoms. The summed E-state index contributed by atoms with van der Waals surface area (Å²) in [4.78, 5) is 20.1. The Balaban J connectivity index is 1.62. The molecule has 0 atom stereocenters. The van der Waals surface area contributed by atoms with E-state index in [9.17, 15) is 4.79 Å². The summed E-state index contributed by atoms with van der Waals surface area (Å²) in [7, 11) is 3.46. The molecule has 0 spiro atoms. The fourth-order valence-electron chi connectivity index (χ4n) is 2.98. The summed E-state index contributed by atoms with van der Waals surface area (Å²) in [5, 5.41) is 1.86. The van der Waals surface area contributed by atoms with E-state index in [0.29, 0.717) is 12.2 Å². The van der Waals surface area contributed by atoms with E-state index >= 15 is 0 Å². The Bertz CT molecular complexity index is 1090. The van der Waals surface area contributed by atoms with Gasteiger partial charge in [0.1, 0.15) is 11.4 Å². The molecular formula is C21H19N3O2S. The Morgan fingerprint density at radius 3 is 2.78 bits per heavy atom. The van der Waals surface area contributed by atoms with Gasteiger partial charge in [-0.2, -0.15) is 0 Å². The van der Waals surface area contributed by atoms with Crippen LogP contribution in [0.2, 0.25) is 0 Å². The Morgan fingerprint density at radius 2 is 2.00 bits per heavy atom. The van der Waals surface area contributed by atoms with Crippen molar-refractivity contribution < 1.29 is 9.53 Å². The first kappa shape index (κ1) is 17.3. The molecule has 0 aliphatic heterocycles. The van der Waals surface area contributed by atoms with Gasteiger partial charge in [-0.05, 0) is 17.7 Å². The maximum absolute atomic E-state index is 12.9. The molecule has 0 N–H and O–H groups in total. The van der Waals surface area contributed by atoms with Gasteiger partial charge < -0.3 is 9.64 Å². The number of aromatic nitrogens is 2.